The van der Waals surface area contributed by atoms with E-state index in [9.17, 15) is 9.90 Å². The lowest BCUT2D eigenvalue weighted by molar-refractivity contribution is -0.113. The normalized spacial score (nSPS) is 13.6. The molecule has 1 rings (SSSR count). The number of allylic oxidation sites excluding steroid dienone is 2. The van der Waals surface area contributed by atoms with Crippen molar-refractivity contribution in [1.82, 2.24) is 9.78 Å². The smallest absolute Gasteiger partial charge is 0.164 e. The van der Waals surface area contributed by atoms with Gasteiger partial charge in [0.15, 0.2) is 11.6 Å². The lowest BCUT2D eigenvalue weighted by atomic mass is 10.1. The molecule has 0 bridgehead atoms. The van der Waals surface area contributed by atoms with Crippen LogP contribution in [0.5, 0.6) is 0 Å². The molecule has 1 aromatic heterocycles. The van der Waals surface area contributed by atoms with Gasteiger partial charge in [-0.05, 0) is 27.7 Å². The van der Waals surface area contributed by atoms with Crippen LogP contribution in [0.3, 0.4) is 0 Å². The monoisotopic (exact) mass is 235 g/mol. The Morgan fingerprint density at radius 2 is 2.00 bits per heavy atom. The van der Waals surface area contributed by atoms with Crippen molar-refractivity contribution in [2.75, 3.05) is 0 Å². The largest absolute Gasteiger partial charge is 0.512 e. The van der Waals surface area contributed by atoms with Crippen molar-refractivity contribution in [1.29, 1.82) is 0 Å². The molecular formula is C12H17N3O2. The van der Waals surface area contributed by atoms with E-state index in [1.165, 1.54) is 13.8 Å². The number of nitrogens with zero attached hydrogens (tertiary/aromatic N) is 3. The molecule has 0 fully saturated rings. The summed E-state index contributed by atoms with van der Waals surface area (Å²) in [7, 11) is 1.78. The van der Waals surface area contributed by atoms with E-state index < -0.39 is 0 Å². The van der Waals surface area contributed by atoms with Crippen LogP contribution in [-0.4, -0.2) is 26.4 Å². The third kappa shape index (κ3) is 3.03. The van der Waals surface area contributed by atoms with Gasteiger partial charge in [-0.3, -0.25) is 9.48 Å². The highest BCUT2D eigenvalue weighted by atomic mass is 16.3. The van der Waals surface area contributed by atoms with Crippen LogP contribution in [-0.2, 0) is 11.8 Å². The highest BCUT2D eigenvalue weighted by molar-refractivity contribution is 6.21. The van der Waals surface area contributed by atoms with Crippen LogP contribution in [0, 0.1) is 6.92 Å². The van der Waals surface area contributed by atoms with Gasteiger partial charge in [-0.2, -0.15) is 5.10 Å². The quantitative estimate of drug-likeness (QED) is 0.496. The van der Waals surface area contributed by atoms with E-state index in [1.54, 1.807) is 18.7 Å². The zero-order chi connectivity index (χ0) is 13.2. The summed E-state index contributed by atoms with van der Waals surface area (Å²) in [5, 5.41) is 13.6. The van der Waals surface area contributed by atoms with E-state index in [2.05, 4.69) is 10.1 Å². The van der Waals surface area contributed by atoms with Crippen LogP contribution in [0.2, 0.25) is 0 Å². The maximum atomic E-state index is 11.4. The van der Waals surface area contributed by atoms with Crippen LogP contribution in [0.4, 0.5) is 5.82 Å². The summed E-state index contributed by atoms with van der Waals surface area (Å²) >= 11 is 0. The molecule has 1 aromatic rings. The number of Topliss-reactive ketones (excluding diaryl/α,β-unsaturated/α-hetero) is 1. The standard InChI is InChI=1S/C12H17N3O2/c1-7-6-11(15(5)14-7)13-8(2)12(9(3)16)10(4)17/h6,16H,1-5H3. The van der Waals surface area contributed by atoms with E-state index in [4.69, 9.17) is 0 Å². The Morgan fingerprint density at radius 1 is 1.41 bits per heavy atom. The number of aliphatic imine (C=N–C) groups is 1. The van der Waals surface area contributed by atoms with E-state index in [0.717, 1.165) is 5.69 Å². The molecule has 17 heavy (non-hydrogen) atoms. The van der Waals surface area contributed by atoms with Crippen molar-refractivity contribution in [3.05, 3.63) is 23.1 Å². The summed E-state index contributed by atoms with van der Waals surface area (Å²) in [6, 6.07) is 1.81. The number of hydrogen-bond donors (Lipinski definition) is 1. The minimum Gasteiger partial charge on any atom is -0.512 e. The molecule has 0 spiro atoms. The zero-order valence-corrected chi connectivity index (χ0v) is 10.8. The third-order valence-electron chi connectivity index (χ3n) is 2.34. The number of aryl methyl sites for hydroxylation is 2. The number of aromatic nitrogens is 2. The van der Waals surface area contributed by atoms with Gasteiger partial charge in [0.1, 0.15) is 5.76 Å². The Balaban J connectivity index is 3.21. The van der Waals surface area contributed by atoms with Gasteiger partial charge in [-0.15, -0.1) is 0 Å². The Bertz CT molecular complexity index is 506. The van der Waals surface area contributed by atoms with Crippen molar-refractivity contribution in [2.24, 2.45) is 12.0 Å². The van der Waals surface area contributed by atoms with Gasteiger partial charge in [0.2, 0.25) is 0 Å². The molecule has 0 saturated heterocycles. The molecule has 0 aliphatic rings. The fraction of sp³-hybridized carbons (Fsp3) is 0.417. The van der Waals surface area contributed by atoms with Gasteiger partial charge in [0.25, 0.3) is 0 Å². The fourth-order valence-corrected chi connectivity index (χ4v) is 1.70. The van der Waals surface area contributed by atoms with Crippen LogP contribution < -0.4 is 0 Å². The van der Waals surface area contributed by atoms with Crippen molar-refractivity contribution in [3.63, 3.8) is 0 Å². The van der Waals surface area contributed by atoms with Crippen LogP contribution in [0.25, 0.3) is 0 Å². The van der Waals surface area contributed by atoms with Crippen molar-refractivity contribution >= 4 is 17.3 Å². The summed E-state index contributed by atoms with van der Waals surface area (Å²) < 4.78 is 1.63. The molecule has 5 heteroatoms. The topological polar surface area (TPSA) is 67.5 Å². The van der Waals surface area contributed by atoms with E-state index >= 15 is 0 Å². The van der Waals surface area contributed by atoms with E-state index in [-0.39, 0.29) is 17.1 Å². The number of hydrogen-bond acceptors (Lipinski definition) is 4. The Labute approximate surface area is 100 Å². The summed E-state index contributed by atoms with van der Waals surface area (Å²) in [6.45, 7) is 6.44. The Morgan fingerprint density at radius 3 is 2.35 bits per heavy atom. The third-order valence-corrected chi connectivity index (χ3v) is 2.34. The lowest BCUT2D eigenvalue weighted by Gasteiger charge is -2.04. The molecule has 0 radical (unpaired) electrons. The minimum absolute atomic E-state index is 0.0161. The van der Waals surface area contributed by atoms with Gasteiger partial charge < -0.3 is 5.11 Å². The van der Waals surface area contributed by atoms with Gasteiger partial charge in [0.05, 0.1) is 17.0 Å². The zero-order valence-electron chi connectivity index (χ0n) is 10.8. The van der Waals surface area contributed by atoms with Gasteiger partial charge >= 0.3 is 0 Å². The molecule has 5 nitrogen and oxygen atoms in total. The molecule has 1 heterocycles. The number of aliphatic hydroxyl groups is 1. The fourth-order valence-electron chi connectivity index (χ4n) is 1.70. The molecule has 92 valence electrons. The first kappa shape index (κ1) is 13.2. The highest BCUT2D eigenvalue weighted by Gasteiger charge is 2.12. The van der Waals surface area contributed by atoms with Crippen molar-refractivity contribution in [3.8, 4) is 0 Å². The predicted molar refractivity (Wildman–Crippen MR) is 66.7 cm³/mol. The number of carbonyl (C=O) groups is 1. The maximum absolute atomic E-state index is 11.4. The SMILES string of the molecule is CC(=O)C(C(C)=Nc1cc(C)nn1C)=C(C)O. The second kappa shape index (κ2) is 4.95. The van der Waals surface area contributed by atoms with E-state index in [1.807, 2.05) is 13.0 Å². The minimum atomic E-state index is -0.204. The molecular weight excluding hydrogens is 218 g/mol. The molecule has 1 N–H and O–H groups in total. The van der Waals surface area contributed by atoms with E-state index in [0.29, 0.717) is 11.5 Å². The molecule has 0 atom stereocenters. The number of carbonyl (C=O) groups excluding carboxylic acids is 1. The average molecular weight is 235 g/mol. The first-order valence-corrected chi connectivity index (χ1v) is 5.30. The Hall–Kier alpha value is -1.91. The molecule has 0 aliphatic heterocycles. The van der Waals surface area contributed by atoms with Gasteiger partial charge in [-0.1, -0.05) is 0 Å². The lowest BCUT2D eigenvalue weighted by Crippen LogP contribution is -2.09. The van der Waals surface area contributed by atoms with Crippen molar-refractivity contribution < 1.29 is 9.90 Å². The molecule has 0 aromatic carbocycles. The van der Waals surface area contributed by atoms with Gasteiger partial charge in [-0.25, -0.2) is 4.99 Å². The first-order chi connectivity index (χ1) is 7.82. The number of rotatable bonds is 3. The second-order valence-electron chi connectivity index (χ2n) is 3.98. The van der Waals surface area contributed by atoms with Gasteiger partial charge in [0, 0.05) is 13.1 Å². The average Bonchev–Trinajstić information content (AvgIpc) is 2.43. The van der Waals surface area contributed by atoms with Crippen LogP contribution in [0.15, 0.2) is 22.4 Å². The summed E-state index contributed by atoms with van der Waals surface area (Å²) in [5.41, 5.74) is 1.59. The molecule has 0 aliphatic carbocycles. The van der Waals surface area contributed by atoms with Crippen LogP contribution >= 0.6 is 0 Å². The van der Waals surface area contributed by atoms with Crippen molar-refractivity contribution in [2.45, 2.75) is 27.7 Å². The number of ketones is 1. The molecule has 0 saturated carbocycles. The maximum Gasteiger partial charge on any atom is 0.164 e. The summed E-state index contributed by atoms with van der Waals surface area (Å²) in [6.07, 6.45) is 0. The molecule has 0 unspecified atom stereocenters. The Kier molecular flexibility index (Phi) is 3.83. The second-order valence-corrected chi connectivity index (χ2v) is 3.98. The summed E-state index contributed by atoms with van der Waals surface area (Å²) in [4.78, 5) is 15.7. The predicted octanol–water partition coefficient (Wildman–Crippen LogP) is 2.24. The number of aliphatic hydroxyl groups excluding tert-OH is 1. The molecule has 0 amide bonds. The van der Waals surface area contributed by atoms with Crippen LogP contribution in [0.1, 0.15) is 26.5 Å². The highest BCUT2D eigenvalue weighted by Crippen LogP contribution is 2.15. The summed E-state index contributed by atoms with van der Waals surface area (Å²) in [5.74, 6) is 0.433. The first-order valence-electron chi connectivity index (χ1n) is 5.30.